The molecular weight excluding hydrogens is 308 g/mol. The largest absolute Gasteiger partial charge is 0.366 e. The molecule has 0 bridgehead atoms. The maximum atomic E-state index is 4.60. The fourth-order valence-electron chi connectivity index (χ4n) is 2.80. The highest BCUT2D eigenvalue weighted by molar-refractivity contribution is 5.60. The van der Waals surface area contributed by atoms with E-state index >= 15 is 0 Å². The number of benzene rings is 2. The quantitative estimate of drug-likeness (QED) is 0.685. The van der Waals surface area contributed by atoms with Crippen LogP contribution in [-0.2, 0) is 6.54 Å². The molecule has 4 nitrogen and oxygen atoms in total. The highest BCUT2D eigenvalue weighted by Gasteiger charge is 2.05. The van der Waals surface area contributed by atoms with Crippen LogP contribution in [-0.4, -0.2) is 9.97 Å². The molecule has 0 spiro atoms. The minimum atomic E-state index is 0.610. The fourth-order valence-corrected chi connectivity index (χ4v) is 2.80. The lowest BCUT2D eigenvalue weighted by Gasteiger charge is -2.12. The summed E-state index contributed by atoms with van der Waals surface area (Å²) in [4.78, 5) is 9.10. The van der Waals surface area contributed by atoms with Gasteiger partial charge in [-0.15, -0.1) is 0 Å². The van der Waals surface area contributed by atoms with E-state index in [4.69, 9.17) is 0 Å². The van der Waals surface area contributed by atoms with Crippen LogP contribution in [0.3, 0.4) is 0 Å². The van der Waals surface area contributed by atoms with E-state index in [1.807, 2.05) is 13.0 Å². The van der Waals surface area contributed by atoms with Crippen molar-refractivity contribution >= 4 is 17.5 Å². The van der Waals surface area contributed by atoms with E-state index in [1.54, 1.807) is 0 Å². The summed E-state index contributed by atoms with van der Waals surface area (Å²) in [7, 11) is 0. The topological polar surface area (TPSA) is 49.8 Å². The Labute approximate surface area is 149 Å². The van der Waals surface area contributed by atoms with Gasteiger partial charge in [-0.2, -0.15) is 4.98 Å². The standard InChI is InChI=1S/C21H24N4/c1-14-6-5-7-18(11-14)13-22-20-12-17(4)23-21(25-20)24-19-9-8-15(2)10-16(19)3/h5-12H,13H2,1-4H3,(H2,22,23,24,25). The third-order valence-corrected chi connectivity index (χ3v) is 4.04. The predicted octanol–water partition coefficient (Wildman–Crippen LogP) is 5.07. The van der Waals surface area contributed by atoms with E-state index in [9.17, 15) is 0 Å². The minimum absolute atomic E-state index is 0.610. The van der Waals surface area contributed by atoms with Gasteiger partial charge in [0.05, 0.1) is 0 Å². The molecule has 2 aromatic carbocycles. The molecule has 0 radical (unpaired) electrons. The molecule has 1 aromatic heterocycles. The van der Waals surface area contributed by atoms with Gasteiger partial charge in [0.2, 0.25) is 5.95 Å². The van der Waals surface area contributed by atoms with E-state index in [2.05, 4.69) is 83.8 Å². The Morgan fingerprint density at radius 3 is 2.40 bits per heavy atom. The SMILES string of the molecule is Cc1cccc(CNc2cc(C)nc(Nc3ccc(C)cc3C)n2)c1. The van der Waals surface area contributed by atoms with Gasteiger partial charge in [0.1, 0.15) is 5.82 Å². The Bertz CT molecular complexity index is 887. The van der Waals surface area contributed by atoms with Crippen molar-refractivity contribution < 1.29 is 0 Å². The Kier molecular flexibility index (Phi) is 4.98. The van der Waals surface area contributed by atoms with Crippen LogP contribution in [0.1, 0.15) is 27.9 Å². The van der Waals surface area contributed by atoms with Gasteiger partial charge in [-0.05, 0) is 44.9 Å². The first-order valence-corrected chi connectivity index (χ1v) is 8.49. The van der Waals surface area contributed by atoms with E-state index in [0.29, 0.717) is 5.95 Å². The highest BCUT2D eigenvalue weighted by Crippen LogP contribution is 2.21. The first kappa shape index (κ1) is 17.0. The normalized spacial score (nSPS) is 10.6. The van der Waals surface area contributed by atoms with Crippen LogP contribution < -0.4 is 10.6 Å². The zero-order valence-corrected chi connectivity index (χ0v) is 15.2. The monoisotopic (exact) mass is 332 g/mol. The molecule has 25 heavy (non-hydrogen) atoms. The summed E-state index contributed by atoms with van der Waals surface area (Å²) in [5.74, 6) is 1.43. The molecule has 0 amide bonds. The number of nitrogens with zero attached hydrogens (tertiary/aromatic N) is 2. The molecule has 3 rings (SSSR count). The van der Waals surface area contributed by atoms with Crippen LogP contribution in [0, 0.1) is 27.7 Å². The van der Waals surface area contributed by atoms with Crippen LogP contribution in [0.25, 0.3) is 0 Å². The van der Waals surface area contributed by atoms with Crippen LogP contribution in [0.4, 0.5) is 17.5 Å². The molecule has 0 saturated heterocycles. The molecule has 0 aliphatic rings. The summed E-state index contributed by atoms with van der Waals surface area (Å²) in [5.41, 5.74) is 6.87. The molecule has 0 fully saturated rings. The summed E-state index contributed by atoms with van der Waals surface area (Å²) in [6.45, 7) is 8.99. The average molecular weight is 332 g/mol. The molecule has 0 aliphatic heterocycles. The summed E-state index contributed by atoms with van der Waals surface area (Å²) < 4.78 is 0. The lowest BCUT2D eigenvalue weighted by Crippen LogP contribution is -2.06. The van der Waals surface area contributed by atoms with Crippen LogP contribution in [0.5, 0.6) is 0 Å². The van der Waals surface area contributed by atoms with Gasteiger partial charge in [0.15, 0.2) is 0 Å². The first-order chi connectivity index (χ1) is 12.0. The van der Waals surface area contributed by atoms with E-state index in [-0.39, 0.29) is 0 Å². The average Bonchev–Trinajstić information content (AvgIpc) is 2.55. The second-order valence-electron chi connectivity index (χ2n) is 6.50. The molecule has 4 heteroatoms. The molecule has 0 unspecified atom stereocenters. The lowest BCUT2D eigenvalue weighted by atomic mass is 10.1. The second-order valence-corrected chi connectivity index (χ2v) is 6.50. The summed E-state index contributed by atoms with van der Waals surface area (Å²) in [6.07, 6.45) is 0. The third kappa shape index (κ3) is 4.57. The summed E-state index contributed by atoms with van der Waals surface area (Å²) >= 11 is 0. The Hall–Kier alpha value is -2.88. The molecule has 0 saturated carbocycles. The first-order valence-electron chi connectivity index (χ1n) is 8.49. The molecule has 1 heterocycles. The minimum Gasteiger partial charge on any atom is -0.366 e. The fraction of sp³-hybridized carbons (Fsp3) is 0.238. The van der Waals surface area contributed by atoms with E-state index in [0.717, 1.165) is 23.7 Å². The lowest BCUT2D eigenvalue weighted by molar-refractivity contribution is 1.06. The van der Waals surface area contributed by atoms with Crippen LogP contribution in [0.2, 0.25) is 0 Å². The molecular formula is C21H24N4. The van der Waals surface area contributed by atoms with Gasteiger partial charge in [-0.1, -0.05) is 47.5 Å². The van der Waals surface area contributed by atoms with Crippen molar-refractivity contribution in [3.8, 4) is 0 Å². The Morgan fingerprint density at radius 2 is 1.64 bits per heavy atom. The number of anilines is 3. The molecule has 0 aliphatic carbocycles. The van der Waals surface area contributed by atoms with Crippen molar-refractivity contribution in [1.82, 2.24) is 9.97 Å². The number of aromatic nitrogens is 2. The molecule has 128 valence electrons. The Morgan fingerprint density at radius 1 is 0.840 bits per heavy atom. The number of hydrogen-bond acceptors (Lipinski definition) is 4. The van der Waals surface area contributed by atoms with Crippen molar-refractivity contribution in [3.63, 3.8) is 0 Å². The van der Waals surface area contributed by atoms with Crippen LogP contribution >= 0.6 is 0 Å². The smallest absolute Gasteiger partial charge is 0.229 e. The second kappa shape index (κ2) is 7.34. The van der Waals surface area contributed by atoms with Gasteiger partial charge in [0, 0.05) is 24.0 Å². The summed E-state index contributed by atoms with van der Waals surface area (Å²) in [5, 5.41) is 6.71. The van der Waals surface area contributed by atoms with Crippen molar-refractivity contribution in [2.24, 2.45) is 0 Å². The van der Waals surface area contributed by atoms with Gasteiger partial charge in [-0.25, -0.2) is 4.98 Å². The van der Waals surface area contributed by atoms with Gasteiger partial charge in [-0.3, -0.25) is 0 Å². The maximum absolute atomic E-state index is 4.60. The van der Waals surface area contributed by atoms with Gasteiger partial charge in [0.25, 0.3) is 0 Å². The van der Waals surface area contributed by atoms with Crippen molar-refractivity contribution in [2.75, 3.05) is 10.6 Å². The maximum Gasteiger partial charge on any atom is 0.229 e. The zero-order chi connectivity index (χ0) is 17.8. The molecule has 0 atom stereocenters. The molecule has 2 N–H and O–H groups in total. The van der Waals surface area contributed by atoms with E-state index in [1.165, 1.54) is 22.3 Å². The Balaban J connectivity index is 1.76. The summed E-state index contributed by atoms with van der Waals surface area (Å²) in [6, 6.07) is 16.7. The van der Waals surface area contributed by atoms with Crippen molar-refractivity contribution in [2.45, 2.75) is 34.2 Å². The number of aryl methyl sites for hydroxylation is 4. The van der Waals surface area contributed by atoms with Gasteiger partial charge >= 0.3 is 0 Å². The number of rotatable bonds is 5. The number of hydrogen-bond donors (Lipinski definition) is 2. The van der Waals surface area contributed by atoms with Crippen molar-refractivity contribution in [1.29, 1.82) is 0 Å². The third-order valence-electron chi connectivity index (χ3n) is 4.04. The predicted molar refractivity (Wildman–Crippen MR) is 104 cm³/mol. The molecule has 3 aromatic rings. The number of nitrogens with one attached hydrogen (secondary N) is 2. The highest BCUT2D eigenvalue weighted by atomic mass is 15.1. The van der Waals surface area contributed by atoms with E-state index < -0.39 is 0 Å². The van der Waals surface area contributed by atoms with Crippen LogP contribution in [0.15, 0.2) is 48.5 Å². The van der Waals surface area contributed by atoms with Gasteiger partial charge < -0.3 is 10.6 Å². The van der Waals surface area contributed by atoms with Crippen molar-refractivity contribution in [3.05, 3.63) is 76.5 Å². The zero-order valence-electron chi connectivity index (χ0n) is 15.2.